The molecule has 0 bridgehead atoms. The average molecular weight is 389 g/mol. The van der Waals surface area contributed by atoms with Crippen molar-refractivity contribution in [2.45, 2.75) is 20.0 Å². The lowest BCUT2D eigenvalue weighted by molar-refractivity contribution is -0.118. The van der Waals surface area contributed by atoms with Crippen molar-refractivity contribution in [1.82, 2.24) is 10.6 Å². The number of halogens is 3. The van der Waals surface area contributed by atoms with Crippen LogP contribution in [0, 0.1) is 12.7 Å². The quantitative estimate of drug-likeness (QED) is 0.742. The zero-order chi connectivity index (χ0) is 17.7. The molecular formula is C16H15Cl2FN2O2S. The molecule has 0 saturated heterocycles. The van der Waals surface area contributed by atoms with Crippen molar-refractivity contribution in [1.29, 1.82) is 0 Å². The molecule has 2 amide bonds. The highest BCUT2D eigenvalue weighted by Gasteiger charge is 2.14. The molecule has 0 aliphatic heterocycles. The summed E-state index contributed by atoms with van der Waals surface area (Å²) in [4.78, 5) is 24.5. The van der Waals surface area contributed by atoms with Gasteiger partial charge in [0.2, 0.25) is 5.91 Å². The van der Waals surface area contributed by atoms with Gasteiger partial charge in [0, 0.05) is 23.5 Å². The van der Waals surface area contributed by atoms with Crippen molar-refractivity contribution in [2.24, 2.45) is 0 Å². The lowest BCUT2D eigenvalue weighted by atomic mass is 10.1. The second kappa shape index (κ2) is 8.46. The standard InChI is InChI=1S/C16H15Cl2FN2O2S/c1-9-4-12(18)15(24-9)16(23)21-8-11-3-2-10(5-13(11)19)7-20-14(22)6-17/h2-5H,6-8H2,1H3,(H,20,22)(H,21,23). The number of aryl methyl sites for hydroxylation is 1. The van der Waals surface area contributed by atoms with Crippen molar-refractivity contribution in [3.63, 3.8) is 0 Å². The van der Waals surface area contributed by atoms with E-state index in [4.69, 9.17) is 23.2 Å². The Morgan fingerprint density at radius 2 is 1.96 bits per heavy atom. The van der Waals surface area contributed by atoms with Gasteiger partial charge in [-0.15, -0.1) is 22.9 Å². The second-order valence-corrected chi connectivity index (χ2v) is 6.98. The third kappa shape index (κ3) is 4.93. The summed E-state index contributed by atoms with van der Waals surface area (Å²) in [6.07, 6.45) is 0. The van der Waals surface area contributed by atoms with E-state index in [9.17, 15) is 14.0 Å². The first-order valence-electron chi connectivity index (χ1n) is 7.04. The summed E-state index contributed by atoms with van der Waals surface area (Å²) in [5, 5.41) is 5.59. The molecule has 0 saturated carbocycles. The molecule has 0 spiro atoms. The van der Waals surface area contributed by atoms with Crippen LogP contribution in [0.5, 0.6) is 0 Å². The van der Waals surface area contributed by atoms with Gasteiger partial charge < -0.3 is 10.6 Å². The van der Waals surface area contributed by atoms with Gasteiger partial charge in [0.15, 0.2) is 0 Å². The number of amides is 2. The molecule has 0 atom stereocenters. The molecule has 2 rings (SSSR count). The molecule has 2 aromatic rings. The van der Waals surface area contributed by atoms with Crippen LogP contribution in [0.2, 0.25) is 5.02 Å². The molecule has 128 valence electrons. The summed E-state index contributed by atoms with van der Waals surface area (Å²) in [6, 6.07) is 6.28. The molecule has 0 fully saturated rings. The molecule has 24 heavy (non-hydrogen) atoms. The number of rotatable bonds is 6. The molecule has 0 aliphatic carbocycles. The molecule has 1 aromatic carbocycles. The summed E-state index contributed by atoms with van der Waals surface area (Å²) in [6.45, 7) is 2.10. The number of carbonyl (C=O) groups excluding carboxylic acids is 2. The van der Waals surface area contributed by atoms with Crippen LogP contribution in [0.25, 0.3) is 0 Å². The minimum Gasteiger partial charge on any atom is -0.351 e. The largest absolute Gasteiger partial charge is 0.351 e. The van der Waals surface area contributed by atoms with Crippen molar-refractivity contribution in [2.75, 3.05) is 5.88 Å². The first-order chi connectivity index (χ1) is 11.4. The van der Waals surface area contributed by atoms with Gasteiger partial charge in [0.1, 0.15) is 16.6 Å². The van der Waals surface area contributed by atoms with Crippen LogP contribution in [0.3, 0.4) is 0 Å². The monoisotopic (exact) mass is 388 g/mol. The maximum Gasteiger partial charge on any atom is 0.263 e. The molecule has 0 radical (unpaired) electrons. The zero-order valence-electron chi connectivity index (χ0n) is 12.8. The van der Waals surface area contributed by atoms with E-state index in [2.05, 4.69) is 10.6 Å². The Morgan fingerprint density at radius 1 is 1.21 bits per heavy atom. The van der Waals surface area contributed by atoms with E-state index in [1.54, 1.807) is 18.2 Å². The molecule has 8 heteroatoms. The van der Waals surface area contributed by atoms with Gasteiger partial charge in [0.05, 0.1) is 5.02 Å². The summed E-state index contributed by atoms with van der Waals surface area (Å²) in [5.41, 5.74) is 0.957. The fourth-order valence-electron chi connectivity index (χ4n) is 1.99. The Morgan fingerprint density at radius 3 is 2.54 bits per heavy atom. The van der Waals surface area contributed by atoms with Gasteiger partial charge in [0.25, 0.3) is 5.91 Å². The van der Waals surface area contributed by atoms with Crippen LogP contribution in [0.1, 0.15) is 25.7 Å². The Balaban J connectivity index is 1.96. The van der Waals surface area contributed by atoms with E-state index in [1.165, 1.54) is 17.4 Å². The van der Waals surface area contributed by atoms with Crippen LogP contribution in [-0.4, -0.2) is 17.7 Å². The van der Waals surface area contributed by atoms with Crippen LogP contribution < -0.4 is 10.6 Å². The normalized spacial score (nSPS) is 10.5. The zero-order valence-corrected chi connectivity index (χ0v) is 15.1. The molecule has 2 N–H and O–H groups in total. The van der Waals surface area contributed by atoms with E-state index in [0.717, 1.165) is 4.88 Å². The molecule has 1 aromatic heterocycles. The number of nitrogens with one attached hydrogen (secondary N) is 2. The van der Waals surface area contributed by atoms with Crippen molar-refractivity contribution in [3.8, 4) is 0 Å². The minimum atomic E-state index is -0.457. The lowest BCUT2D eigenvalue weighted by Crippen LogP contribution is -2.24. The van der Waals surface area contributed by atoms with E-state index in [1.807, 2.05) is 6.92 Å². The number of alkyl halides is 1. The minimum absolute atomic E-state index is 0.0479. The number of hydrogen-bond donors (Lipinski definition) is 2. The molecule has 0 aliphatic rings. The van der Waals surface area contributed by atoms with Crippen LogP contribution in [-0.2, 0) is 17.9 Å². The van der Waals surface area contributed by atoms with Crippen molar-refractivity contribution in [3.05, 3.63) is 56.0 Å². The summed E-state index contributed by atoms with van der Waals surface area (Å²) >= 11 is 12.6. The molecule has 0 unspecified atom stereocenters. The van der Waals surface area contributed by atoms with Gasteiger partial charge in [-0.3, -0.25) is 9.59 Å². The van der Waals surface area contributed by atoms with Gasteiger partial charge in [-0.25, -0.2) is 4.39 Å². The molecular weight excluding hydrogens is 374 g/mol. The van der Waals surface area contributed by atoms with Crippen LogP contribution in [0.4, 0.5) is 4.39 Å². The van der Waals surface area contributed by atoms with Gasteiger partial charge >= 0.3 is 0 Å². The Hall–Kier alpha value is -1.63. The van der Waals surface area contributed by atoms with Crippen molar-refractivity contribution >= 4 is 46.4 Å². The lowest BCUT2D eigenvalue weighted by Gasteiger charge is -2.08. The third-order valence-corrected chi connectivity index (χ3v) is 4.89. The SMILES string of the molecule is Cc1cc(Cl)c(C(=O)NCc2ccc(CNC(=O)CCl)cc2F)s1. The van der Waals surface area contributed by atoms with E-state index < -0.39 is 5.82 Å². The van der Waals surface area contributed by atoms with Crippen molar-refractivity contribution < 1.29 is 14.0 Å². The fourth-order valence-corrected chi connectivity index (χ4v) is 3.33. The number of carbonyl (C=O) groups is 2. The van der Waals surface area contributed by atoms with Crippen LogP contribution >= 0.6 is 34.5 Å². The maximum atomic E-state index is 14.1. The predicted octanol–water partition coefficient (Wildman–Crippen LogP) is 3.63. The first kappa shape index (κ1) is 18.7. The second-order valence-electron chi connectivity index (χ2n) is 5.05. The first-order valence-corrected chi connectivity index (χ1v) is 8.77. The Kier molecular flexibility index (Phi) is 6.60. The van der Waals surface area contributed by atoms with E-state index >= 15 is 0 Å². The number of hydrogen-bond acceptors (Lipinski definition) is 3. The predicted molar refractivity (Wildman–Crippen MR) is 94.2 cm³/mol. The molecule has 1 heterocycles. The number of thiophene rings is 1. The Labute approximate surface area is 153 Å². The highest BCUT2D eigenvalue weighted by Crippen LogP contribution is 2.26. The third-order valence-electron chi connectivity index (χ3n) is 3.18. The molecule has 4 nitrogen and oxygen atoms in total. The van der Waals surface area contributed by atoms with Gasteiger partial charge in [-0.2, -0.15) is 0 Å². The Bertz CT molecular complexity index is 765. The van der Waals surface area contributed by atoms with Gasteiger partial charge in [-0.1, -0.05) is 23.7 Å². The number of benzene rings is 1. The highest BCUT2D eigenvalue weighted by molar-refractivity contribution is 7.14. The summed E-state index contributed by atoms with van der Waals surface area (Å²) in [7, 11) is 0. The topological polar surface area (TPSA) is 58.2 Å². The summed E-state index contributed by atoms with van der Waals surface area (Å²) < 4.78 is 14.1. The smallest absolute Gasteiger partial charge is 0.263 e. The highest BCUT2D eigenvalue weighted by atomic mass is 35.5. The maximum absolute atomic E-state index is 14.1. The van der Waals surface area contributed by atoms with E-state index in [-0.39, 0.29) is 30.8 Å². The average Bonchev–Trinajstić information content (AvgIpc) is 2.89. The fraction of sp³-hybridized carbons (Fsp3) is 0.250. The van der Waals surface area contributed by atoms with E-state index in [0.29, 0.717) is 21.0 Å². The van der Waals surface area contributed by atoms with Gasteiger partial charge in [-0.05, 0) is 24.6 Å². The summed E-state index contributed by atoms with van der Waals surface area (Å²) in [5.74, 6) is -1.26. The van der Waals surface area contributed by atoms with Crippen LogP contribution in [0.15, 0.2) is 24.3 Å².